The van der Waals surface area contributed by atoms with Crippen molar-refractivity contribution in [2.45, 2.75) is 13.8 Å². The maximum absolute atomic E-state index is 12.1. The molecule has 0 aliphatic rings. The van der Waals surface area contributed by atoms with Crippen LogP contribution in [0.2, 0.25) is 0 Å². The minimum absolute atomic E-state index is 0.352. The van der Waals surface area contributed by atoms with Gasteiger partial charge in [0, 0.05) is 22.5 Å². The Hall–Kier alpha value is -2.36. The largest absolute Gasteiger partial charge is 0.478 e. The molecule has 0 spiro atoms. The van der Waals surface area contributed by atoms with Gasteiger partial charge < -0.3 is 9.15 Å². The van der Waals surface area contributed by atoms with Crippen LogP contribution in [0.1, 0.15) is 12.5 Å². The van der Waals surface area contributed by atoms with Gasteiger partial charge in [-0.25, -0.2) is 9.78 Å². The molecule has 1 aromatic carbocycles. The van der Waals surface area contributed by atoms with Gasteiger partial charge in [-0.1, -0.05) is 18.2 Å². The van der Waals surface area contributed by atoms with Crippen molar-refractivity contribution in [3.8, 4) is 5.88 Å². The quantitative estimate of drug-likeness (QED) is 0.521. The summed E-state index contributed by atoms with van der Waals surface area (Å²) in [7, 11) is 0. The zero-order valence-electron chi connectivity index (χ0n) is 10.8. The summed E-state index contributed by atoms with van der Waals surface area (Å²) in [6.45, 7) is 4.22. The van der Waals surface area contributed by atoms with Crippen LogP contribution in [0, 0.1) is 6.92 Å². The SMILES string of the molecule is CCOc1ncc2c(c1C)c(=O)oc1ccccc12. The topological polar surface area (TPSA) is 52.3 Å². The van der Waals surface area contributed by atoms with Crippen LogP contribution in [-0.2, 0) is 0 Å². The normalized spacial score (nSPS) is 11.1. The lowest BCUT2D eigenvalue weighted by atomic mass is 10.1. The fourth-order valence-corrected chi connectivity index (χ4v) is 2.27. The summed E-state index contributed by atoms with van der Waals surface area (Å²) in [6.07, 6.45) is 1.67. The van der Waals surface area contributed by atoms with Crippen molar-refractivity contribution in [3.05, 3.63) is 46.4 Å². The van der Waals surface area contributed by atoms with E-state index >= 15 is 0 Å². The highest BCUT2D eigenvalue weighted by molar-refractivity contribution is 6.05. The number of aromatic nitrogens is 1. The van der Waals surface area contributed by atoms with E-state index in [4.69, 9.17) is 9.15 Å². The Kier molecular flexibility index (Phi) is 2.71. The highest BCUT2D eigenvalue weighted by atomic mass is 16.5. The lowest BCUT2D eigenvalue weighted by Gasteiger charge is -2.09. The van der Waals surface area contributed by atoms with E-state index in [0.29, 0.717) is 23.5 Å². The van der Waals surface area contributed by atoms with Crippen molar-refractivity contribution in [2.24, 2.45) is 0 Å². The van der Waals surface area contributed by atoms with Crippen LogP contribution < -0.4 is 10.4 Å². The molecule has 0 aliphatic heterocycles. The number of pyridine rings is 1. The van der Waals surface area contributed by atoms with Crippen LogP contribution in [0.4, 0.5) is 0 Å². The number of hydrogen-bond acceptors (Lipinski definition) is 4. The van der Waals surface area contributed by atoms with E-state index in [1.54, 1.807) is 12.3 Å². The van der Waals surface area contributed by atoms with Crippen LogP contribution in [-0.4, -0.2) is 11.6 Å². The summed E-state index contributed by atoms with van der Waals surface area (Å²) < 4.78 is 10.8. The lowest BCUT2D eigenvalue weighted by Crippen LogP contribution is -2.05. The Morgan fingerprint density at radius 2 is 2.05 bits per heavy atom. The first-order valence-corrected chi connectivity index (χ1v) is 6.16. The Balaban J connectivity index is 2.48. The summed E-state index contributed by atoms with van der Waals surface area (Å²) in [5.41, 5.74) is 0.943. The minimum atomic E-state index is -0.352. The molecule has 2 aromatic heterocycles. The Labute approximate surface area is 109 Å². The molecule has 0 bridgehead atoms. The van der Waals surface area contributed by atoms with Crippen molar-refractivity contribution in [1.82, 2.24) is 4.98 Å². The molecular formula is C15H13NO3. The summed E-state index contributed by atoms with van der Waals surface area (Å²) in [5.74, 6) is 0.484. The molecule has 0 radical (unpaired) electrons. The third-order valence-corrected chi connectivity index (χ3v) is 3.14. The molecule has 0 atom stereocenters. The molecule has 19 heavy (non-hydrogen) atoms. The van der Waals surface area contributed by atoms with Crippen LogP contribution in [0.25, 0.3) is 21.7 Å². The molecule has 2 heterocycles. The van der Waals surface area contributed by atoms with Gasteiger partial charge in [0.05, 0.1) is 12.0 Å². The molecule has 4 nitrogen and oxygen atoms in total. The molecule has 0 unspecified atom stereocenters. The van der Waals surface area contributed by atoms with Crippen molar-refractivity contribution >= 4 is 21.7 Å². The van der Waals surface area contributed by atoms with Crippen LogP contribution in [0.3, 0.4) is 0 Å². The maximum atomic E-state index is 12.1. The summed E-state index contributed by atoms with van der Waals surface area (Å²) >= 11 is 0. The molecule has 0 fully saturated rings. The predicted molar refractivity (Wildman–Crippen MR) is 73.7 cm³/mol. The molecule has 96 valence electrons. The second-order valence-corrected chi connectivity index (χ2v) is 4.30. The van der Waals surface area contributed by atoms with E-state index in [2.05, 4.69) is 4.98 Å². The summed E-state index contributed by atoms with van der Waals surface area (Å²) in [6, 6.07) is 7.45. The van der Waals surface area contributed by atoms with Gasteiger partial charge in [0.15, 0.2) is 0 Å². The highest BCUT2D eigenvalue weighted by Crippen LogP contribution is 2.27. The zero-order valence-corrected chi connectivity index (χ0v) is 10.8. The molecular weight excluding hydrogens is 242 g/mol. The van der Waals surface area contributed by atoms with Gasteiger partial charge in [0.25, 0.3) is 0 Å². The van der Waals surface area contributed by atoms with Crippen molar-refractivity contribution in [3.63, 3.8) is 0 Å². The van der Waals surface area contributed by atoms with E-state index in [1.165, 1.54) is 0 Å². The number of hydrogen-bond donors (Lipinski definition) is 0. The molecule has 0 saturated carbocycles. The zero-order chi connectivity index (χ0) is 13.4. The molecule has 0 saturated heterocycles. The van der Waals surface area contributed by atoms with Gasteiger partial charge in [-0.2, -0.15) is 0 Å². The lowest BCUT2D eigenvalue weighted by molar-refractivity contribution is 0.325. The number of para-hydroxylation sites is 1. The van der Waals surface area contributed by atoms with Gasteiger partial charge >= 0.3 is 5.63 Å². The van der Waals surface area contributed by atoms with E-state index in [9.17, 15) is 4.79 Å². The number of ether oxygens (including phenoxy) is 1. The average molecular weight is 255 g/mol. The van der Waals surface area contributed by atoms with E-state index < -0.39 is 0 Å². The van der Waals surface area contributed by atoms with Crippen molar-refractivity contribution in [2.75, 3.05) is 6.61 Å². The summed E-state index contributed by atoms with van der Waals surface area (Å²) in [4.78, 5) is 16.4. The number of benzene rings is 1. The molecule has 0 N–H and O–H groups in total. The van der Waals surface area contributed by atoms with Gasteiger partial charge in [0.2, 0.25) is 5.88 Å². The van der Waals surface area contributed by atoms with E-state index in [-0.39, 0.29) is 5.63 Å². The van der Waals surface area contributed by atoms with Crippen LogP contribution in [0.15, 0.2) is 39.7 Å². The first-order chi connectivity index (χ1) is 9.22. The first-order valence-electron chi connectivity index (χ1n) is 6.16. The Morgan fingerprint density at radius 1 is 1.26 bits per heavy atom. The molecule has 0 aliphatic carbocycles. The van der Waals surface area contributed by atoms with Crippen molar-refractivity contribution < 1.29 is 9.15 Å². The smallest absolute Gasteiger partial charge is 0.344 e. The molecule has 3 aromatic rings. The second-order valence-electron chi connectivity index (χ2n) is 4.30. The van der Waals surface area contributed by atoms with E-state index in [1.807, 2.05) is 32.0 Å². The molecule has 3 rings (SSSR count). The summed E-state index contributed by atoms with van der Waals surface area (Å²) in [5, 5.41) is 2.22. The maximum Gasteiger partial charge on any atom is 0.344 e. The molecule has 0 amide bonds. The number of fused-ring (bicyclic) bond motifs is 3. The van der Waals surface area contributed by atoms with Gasteiger partial charge in [-0.3, -0.25) is 0 Å². The fourth-order valence-electron chi connectivity index (χ4n) is 2.27. The fraction of sp³-hybridized carbons (Fsp3) is 0.200. The first kappa shape index (κ1) is 11.7. The Bertz CT molecular complexity index is 821. The highest BCUT2D eigenvalue weighted by Gasteiger charge is 2.13. The minimum Gasteiger partial charge on any atom is -0.478 e. The number of nitrogens with zero attached hydrogens (tertiary/aromatic N) is 1. The van der Waals surface area contributed by atoms with Gasteiger partial charge in [-0.05, 0) is 19.9 Å². The Morgan fingerprint density at radius 3 is 2.84 bits per heavy atom. The second kappa shape index (κ2) is 4.39. The van der Waals surface area contributed by atoms with Gasteiger partial charge in [0.1, 0.15) is 5.58 Å². The van der Waals surface area contributed by atoms with E-state index in [0.717, 1.165) is 16.3 Å². The number of rotatable bonds is 2. The monoisotopic (exact) mass is 255 g/mol. The third-order valence-electron chi connectivity index (χ3n) is 3.14. The average Bonchev–Trinajstić information content (AvgIpc) is 2.41. The standard InChI is InChI=1S/C15H13NO3/c1-3-18-14-9(2)13-11(8-16-14)10-6-4-5-7-12(10)19-15(13)17/h4-8H,3H2,1-2H3. The van der Waals surface area contributed by atoms with Crippen LogP contribution in [0.5, 0.6) is 5.88 Å². The van der Waals surface area contributed by atoms with Crippen molar-refractivity contribution in [1.29, 1.82) is 0 Å². The third kappa shape index (κ3) is 1.76. The van der Waals surface area contributed by atoms with Gasteiger partial charge in [-0.15, -0.1) is 0 Å². The predicted octanol–water partition coefficient (Wildman–Crippen LogP) is 3.05. The number of aryl methyl sites for hydroxylation is 1. The van der Waals surface area contributed by atoms with Crippen LogP contribution >= 0.6 is 0 Å². The molecule has 4 heteroatoms.